The molecule has 0 aromatic heterocycles. The highest BCUT2D eigenvalue weighted by Crippen LogP contribution is 2.33. The van der Waals surface area contributed by atoms with Crippen LogP contribution in [0.25, 0.3) is 6.08 Å². The molecule has 6 heteroatoms. The van der Waals surface area contributed by atoms with E-state index in [1.807, 2.05) is 30.3 Å². The third-order valence-corrected chi connectivity index (χ3v) is 4.70. The summed E-state index contributed by atoms with van der Waals surface area (Å²) in [4.78, 5) is 38.8. The Hall–Kier alpha value is -3.67. The number of amides is 3. The Bertz CT molecular complexity index is 981. The largest absolute Gasteiger partial charge is 0.349 e. The van der Waals surface area contributed by atoms with Crippen molar-refractivity contribution in [3.63, 3.8) is 0 Å². The summed E-state index contributed by atoms with van der Waals surface area (Å²) in [5.74, 6) is -0.717. The quantitative estimate of drug-likeness (QED) is 0.742. The molecular weight excluding hydrogens is 366 g/mol. The summed E-state index contributed by atoms with van der Waals surface area (Å²) in [5.41, 5.74) is 2.69. The molecule has 29 heavy (non-hydrogen) atoms. The van der Waals surface area contributed by atoms with Crippen LogP contribution in [0.3, 0.4) is 0 Å². The number of nitrogens with zero attached hydrogens (tertiary/aromatic N) is 1. The van der Waals surface area contributed by atoms with Crippen molar-refractivity contribution in [1.29, 1.82) is 0 Å². The van der Waals surface area contributed by atoms with Crippen LogP contribution < -0.4 is 10.6 Å². The van der Waals surface area contributed by atoms with Gasteiger partial charge in [-0.05, 0) is 29.3 Å². The van der Waals surface area contributed by atoms with Crippen molar-refractivity contribution < 1.29 is 14.4 Å². The molecule has 0 fully saturated rings. The van der Waals surface area contributed by atoms with Gasteiger partial charge in [0.2, 0.25) is 11.8 Å². The lowest BCUT2D eigenvalue weighted by Crippen LogP contribution is -2.33. The zero-order valence-corrected chi connectivity index (χ0v) is 16.2. The molecule has 0 aliphatic carbocycles. The predicted molar refractivity (Wildman–Crippen MR) is 113 cm³/mol. The van der Waals surface area contributed by atoms with Crippen LogP contribution in [0.5, 0.6) is 0 Å². The highest BCUT2D eigenvalue weighted by molar-refractivity contribution is 6.04. The molecule has 2 N–H and O–H groups in total. The van der Waals surface area contributed by atoms with Crippen LogP contribution >= 0.6 is 0 Å². The number of anilines is 1. The van der Waals surface area contributed by atoms with E-state index in [0.29, 0.717) is 17.8 Å². The first-order chi connectivity index (χ1) is 14.0. The topological polar surface area (TPSA) is 78.5 Å². The van der Waals surface area contributed by atoms with Crippen molar-refractivity contribution >= 4 is 29.5 Å². The van der Waals surface area contributed by atoms with E-state index in [1.54, 1.807) is 41.4 Å². The molecule has 1 atom stereocenters. The number of hydrogen-bond acceptors (Lipinski definition) is 3. The second kappa shape index (κ2) is 9.01. The van der Waals surface area contributed by atoms with E-state index >= 15 is 0 Å². The zero-order valence-electron chi connectivity index (χ0n) is 16.2. The van der Waals surface area contributed by atoms with Crippen LogP contribution in [0.1, 0.15) is 40.9 Å². The van der Waals surface area contributed by atoms with Crippen molar-refractivity contribution in [2.45, 2.75) is 19.4 Å². The summed E-state index contributed by atoms with van der Waals surface area (Å²) in [5, 5.41) is 5.53. The van der Waals surface area contributed by atoms with Crippen LogP contribution in [0.2, 0.25) is 0 Å². The molecule has 1 aliphatic heterocycles. The molecule has 0 saturated heterocycles. The fraction of sp³-hybridized carbons (Fsp3) is 0.174. The maximum atomic E-state index is 12.8. The Balaban J connectivity index is 1.80. The van der Waals surface area contributed by atoms with Gasteiger partial charge in [0.15, 0.2) is 0 Å². The molecule has 1 aliphatic rings. The average Bonchev–Trinajstić information content (AvgIpc) is 2.72. The van der Waals surface area contributed by atoms with E-state index in [-0.39, 0.29) is 24.1 Å². The minimum atomic E-state index is -0.407. The molecule has 6 nitrogen and oxygen atoms in total. The first-order valence-electron chi connectivity index (χ1n) is 9.35. The summed E-state index contributed by atoms with van der Waals surface area (Å²) in [6, 6.07) is 14.1. The number of nitrogens with one attached hydrogen (secondary N) is 2. The average molecular weight is 389 g/mol. The van der Waals surface area contributed by atoms with Crippen LogP contribution in [0.4, 0.5) is 5.69 Å². The Labute approximate surface area is 169 Å². The molecule has 0 spiro atoms. The number of fused-ring (bicyclic) bond motifs is 1. The first-order valence-corrected chi connectivity index (χ1v) is 9.35. The van der Waals surface area contributed by atoms with Gasteiger partial charge in [0.1, 0.15) is 0 Å². The second-order valence-corrected chi connectivity index (χ2v) is 6.68. The van der Waals surface area contributed by atoms with Gasteiger partial charge >= 0.3 is 0 Å². The first kappa shape index (κ1) is 20.1. The third kappa shape index (κ3) is 4.60. The van der Waals surface area contributed by atoms with Gasteiger partial charge in [-0.15, -0.1) is 6.58 Å². The molecule has 1 heterocycles. The SMILES string of the molecule is C=CCNC(=O)c1ccccc1NC(=O)CC1c2ccccc2C=CN1C(C)=O. The number of para-hydroxylation sites is 1. The second-order valence-electron chi connectivity index (χ2n) is 6.68. The Morgan fingerprint density at radius 3 is 2.59 bits per heavy atom. The Morgan fingerprint density at radius 2 is 1.83 bits per heavy atom. The minimum absolute atomic E-state index is 0.0730. The van der Waals surface area contributed by atoms with Crippen LogP contribution in [-0.2, 0) is 9.59 Å². The standard InChI is InChI=1S/C23H23N3O3/c1-3-13-24-23(29)19-10-6-7-11-20(19)25-22(28)15-21-18-9-5-4-8-17(18)12-14-26(21)16(2)27/h3-12,14,21H,1,13,15H2,2H3,(H,24,29)(H,25,28). The maximum absolute atomic E-state index is 12.8. The van der Waals surface area contributed by atoms with Gasteiger partial charge in [-0.3, -0.25) is 14.4 Å². The molecule has 0 radical (unpaired) electrons. The monoisotopic (exact) mass is 389 g/mol. The van der Waals surface area contributed by atoms with E-state index in [1.165, 1.54) is 6.92 Å². The number of hydrogen-bond donors (Lipinski definition) is 2. The zero-order chi connectivity index (χ0) is 20.8. The van der Waals surface area contributed by atoms with E-state index in [0.717, 1.165) is 11.1 Å². The van der Waals surface area contributed by atoms with E-state index < -0.39 is 6.04 Å². The predicted octanol–water partition coefficient (Wildman–Crippen LogP) is 3.51. The van der Waals surface area contributed by atoms with Crippen LogP contribution in [0.15, 0.2) is 67.4 Å². The number of carbonyl (C=O) groups is 3. The third-order valence-electron chi connectivity index (χ3n) is 4.70. The van der Waals surface area contributed by atoms with E-state index in [4.69, 9.17) is 0 Å². The van der Waals surface area contributed by atoms with Crippen LogP contribution in [0, 0.1) is 0 Å². The molecule has 2 aromatic rings. The molecule has 3 amide bonds. The fourth-order valence-electron chi connectivity index (χ4n) is 3.34. The van der Waals surface area contributed by atoms with Gasteiger partial charge in [0.25, 0.3) is 5.91 Å². The summed E-state index contributed by atoms with van der Waals surface area (Å²) in [7, 11) is 0. The van der Waals surface area contributed by atoms with Gasteiger partial charge in [0, 0.05) is 19.7 Å². The lowest BCUT2D eigenvalue weighted by molar-refractivity contribution is -0.129. The Morgan fingerprint density at radius 1 is 1.10 bits per heavy atom. The normalized spacial score (nSPS) is 14.7. The highest BCUT2D eigenvalue weighted by atomic mass is 16.2. The van der Waals surface area contributed by atoms with E-state index in [9.17, 15) is 14.4 Å². The summed E-state index contributed by atoms with van der Waals surface area (Å²) >= 11 is 0. The van der Waals surface area contributed by atoms with Gasteiger partial charge in [-0.25, -0.2) is 0 Å². The molecule has 0 saturated carbocycles. The number of rotatable bonds is 6. The smallest absolute Gasteiger partial charge is 0.253 e. The van der Waals surface area contributed by atoms with Gasteiger partial charge in [-0.1, -0.05) is 42.5 Å². The van der Waals surface area contributed by atoms with Crippen molar-refractivity contribution in [2.24, 2.45) is 0 Å². The fourth-order valence-corrected chi connectivity index (χ4v) is 3.34. The minimum Gasteiger partial charge on any atom is -0.349 e. The van der Waals surface area contributed by atoms with Crippen molar-refractivity contribution in [3.8, 4) is 0 Å². The molecule has 1 unspecified atom stereocenters. The number of carbonyl (C=O) groups excluding carboxylic acids is 3. The van der Waals surface area contributed by atoms with Crippen molar-refractivity contribution in [1.82, 2.24) is 10.2 Å². The summed E-state index contributed by atoms with van der Waals surface area (Å²) in [6.07, 6.45) is 5.23. The van der Waals surface area contributed by atoms with Crippen LogP contribution in [-0.4, -0.2) is 29.2 Å². The summed E-state index contributed by atoms with van der Waals surface area (Å²) < 4.78 is 0. The molecule has 0 bridgehead atoms. The van der Waals surface area contributed by atoms with Crippen molar-refractivity contribution in [3.05, 3.63) is 84.1 Å². The van der Waals surface area contributed by atoms with E-state index in [2.05, 4.69) is 17.2 Å². The van der Waals surface area contributed by atoms with Gasteiger partial charge in [-0.2, -0.15) is 0 Å². The number of benzene rings is 2. The molecule has 148 valence electrons. The Kier molecular flexibility index (Phi) is 6.24. The molecule has 2 aromatic carbocycles. The lowest BCUT2D eigenvalue weighted by Gasteiger charge is -2.32. The van der Waals surface area contributed by atoms with Gasteiger partial charge in [0.05, 0.1) is 23.7 Å². The highest BCUT2D eigenvalue weighted by Gasteiger charge is 2.28. The molecular formula is C23H23N3O3. The van der Waals surface area contributed by atoms with Crippen molar-refractivity contribution in [2.75, 3.05) is 11.9 Å². The lowest BCUT2D eigenvalue weighted by atomic mass is 9.93. The van der Waals surface area contributed by atoms with Gasteiger partial charge < -0.3 is 15.5 Å². The molecule has 3 rings (SSSR count). The summed E-state index contributed by atoms with van der Waals surface area (Å²) in [6.45, 7) is 5.39. The maximum Gasteiger partial charge on any atom is 0.253 e.